The summed E-state index contributed by atoms with van der Waals surface area (Å²) in [5.41, 5.74) is 1.58. The summed E-state index contributed by atoms with van der Waals surface area (Å²) in [6.07, 6.45) is 1.59. The van der Waals surface area contributed by atoms with E-state index in [9.17, 15) is 24.6 Å². The van der Waals surface area contributed by atoms with Crippen molar-refractivity contribution in [1.82, 2.24) is 0 Å². The fraction of sp³-hybridized carbons (Fsp3) is 0.120. The molecule has 0 heterocycles. The summed E-state index contributed by atoms with van der Waals surface area (Å²) in [5, 5.41) is 23.3. The lowest BCUT2D eigenvalue weighted by atomic mass is 10.0. The topological polar surface area (TPSA) is 114 Å². The monoisotopic (exact) mass is 587 g/mol. The molecule has 0 radical (unpaired) electrons. The number of nitro benzene ring substituents is 1. The van der Waals surface area contributed by atoms with Crippen molar-refractivity contribution in [3.05, 3.63) is 91.3 Å². The number of nitriles is 1. The summed E-state index contributed by atoms with van der Waals surface area (Å²) in [5.74, 6) is -0.116. The first-order valence-corrected chi connectivity index (χ1v) is 11.4. The number of amides is 1. The summed E-state index contributed by atoms with van der Waals surface area (Å²) in [4.78, 5) is 22.8. The minimum Gasteiger partial charge on any atom is -0.490 e. The van der Waals surface area contributed by atoms with Gasteiger partial charge in [-0.3, -0.25) is 14.9 Å². The lowest BCUT2D eigenvalue weighted by molar-refractivity contribution is -0.384. The minimum absolute atomic E-state index is 0.115. The molecule has 8 nitrogen and oxygen atoms in total. The number of anilines is 1. The molecular formula is C25H19FIN3O5. The molecule has 1 N–H and O–H groups in total. The van der Waals surface area contributed by atoms with Crippen LogP contribution in [-0.2, 0) is 4.79 Å². The van der Waals surface area contributed by atoms with E-state index in [-0.39, 0.29) is 17.9 Å². The Bertz CT molecular complexity index is 1320. The molecule has 35 heavy (non-hydrogen) atoms. The number of halogens is 2. The first-order valence-electron chi connectivity index (χ1n) is 10.3. The number of benzene rings is 3. The van der Waals surface area contributed by atoms with Gasteiger partial charge in [-0.2, -0.15) is 5.26 Å². The third kappa shape index (κ3) is 7.00. The molecule has 3 aromatic carbocycles. The summed E-state index contributed by atoms with van der Waals surface area (Å²) in [7, 11) is 0. The van der Waals surface area contributed by atoms with Crippen LogP contribution in [0.5, 0.6) is 11.5 Å². The maximum Gasteiger partial charge on any atom is 0.270 e. The molecule has 3 rings (SSSR count). The third-order valence-electron chi connectivity index (χ3n) is 4.61. The van der Waals surface area contributed by atoms with E-state index in [1.807, 2.05) is 22.6 Å². The van der Waals surface area contributed by atoms with Crippen molar-refractivity contribution in [2.75, 3.05) is 18.5 Å². The fourth-order valence-electron chi connectivity index (χ4n) is 3.08. The molecule has 0 aliphatic heterocycles. The number of rotatable bonds is 9. The SMILES string of the molecule is CCOc1cc(/C=C(/C#N)c2cccc([N+](=O)[O-])c2)cc(I)c1OCC(=O)Nc1ccc(F)cc1. The van der Waals surface area contributed by atoms with Crippen LogP contribution >= 0.6 is 22.6 Å². The number of carbonyl (C=O) groups is 1. The second-order valence-corrected chi connectivity index (χ2v) is 8.25. The highest BCUT2D eigenvalue weighted by Crippen LogP contribution is 2.35. The third-order valence-corrected chi connectivity index (χ3v) is 5.41. The molecule has 1 amide bonds. The van der Waals surface area contributed by atoms with Gasteiger partial charge in [0.1, 0.15) is 5.82 Å². The van der Waals surface area contributed by atoms with Gasteiger partial charge in [0, 0.05) is 17.8 Å². The number of nitrogens with zero attached hydrogens (tertiary/aromatic N) is 2. The van der Waals surface area contributed by atoms with Crippen LogP contribution < -0.4 is 14.8 Å². The number of hydrogen-bond donors (Lipinski definition) is 1. The van der Waals surface area contributed by atoms with E-state index in [2.05, 4.69) is 11.4 Å². The van der Waals surface area contributed by atoms with Gasteiger partial charge < -0.3 is 14.8 Å². The van der Waals surface area contributed by atoms with Crippen LogP contribution in [-0.4, -0.2) is 24.0 Å². The van der Waals surface area contributed by atoms with Crippen LogP contribution in [0.15, 0.2) is 60.7 Å². The normalized spacial score (nSPS) is 10.9. The molecule has 0 unspecified atom stereocenters. The van der Waals surface area contributed by atoms with Crippen molar-refractivity contribution in [2.45, 2.75) is 6.92 Å². The Morgan fingerprint density at radius 1 is 1.20 bits per heavy atom. The number of hydrogen-bond acceptors (Lipinski definition) is 6. The molecule has 0 fully saturated rings. The van der Waals surface area contributed by atoms with Gasteiger partial charge >= 0.3 is 0 Å². The average Bonchev–Trinajstić information content (AvgIpc) is 2.83. The smallest absolute Gasteiger partial charge is 0.270 e. The number of ether oxygens (including phenoxy) is 2. The van der Waals surface area contributed by atoms with E-state index in [4.69, 9.17) is 9.47 Å². The van der Waals surface area contributed by atoms with Gasteiger partial charge in [0.2, 0.25) is 0 Å². The second kappa shape index (κ2) is 11.9. The van der Waals surface area contributed by atoms with Crippen LogP contribution in [0.3, 0.4) is 0 Å². The highest BCUT2D eigenvalue weighted by molar-refractivity contribution is 14.1. The highest BCUT2D eigenvalue weighted by atomic mass is 127. The van der Waals surface area contributed by atoms with Gasteiger partial charge in [-0.1, -0.05) is 12.1 Å². The first-order chi connectivity index (χ1) is 16.8. The molecule has 178 valence electrons. The molecule has 10 heteroatoms. The standard InChI is InChI=1S/C25H19FIN3O5/c1-2-34-23-12-16(10-18(14-28)17-4-3-5-21(13-17)30(32)33)11-22(27)25(23)35-15-24(31)29-20-8-6-19(26)7-9-20/h3-13H,2,15H2,1H3,(H,29,31)/b18-10-. The Labute approximate surface area is 214 Å². The van der Waals surface area contributed by atoms with Gasteiger partial charge in [-0.15, -0.1) is 0 Å². The largest absolute Gasteiger partial charge is 0.490 e. The Balaban J connectivity index is 1.83. The zero-order valence-corrected chi connectivity index (χ0v) is 20.6. The van der Waals surface area contributed by atoms with Crippen LogP contribution in [0.4, 0.5) is 15.8 Å². The van der Waals surface area contributed by atoms with Crippen molar-refractivity contribution in [1.29, 1.82) is 5.26 Å². The van der Waals surface area contributed by atoms with Crippen molar-refractivity contribution in [2.24, 2.45) is 0 Å². The van der Waals surface area contributed by atoms with Crippen molar-refractivity contribution >= 4 is 51.5 Å². The molecule has 0 bridgehead atoms. The predicted octanol–water partition coefficient (Wildman–Crippen LogP) is 5.82. The number of carbonyl (C=O) groups excluding carboxylic acids is 1. The predicted molar refractivity (Wildman–Crippen MR) is 137 cm³/mol. The second-order valence-electron chi connectivity index (χ2n) is 7.08. The molecule has 0 atom stereocenters. The zero-order valence-electron chi connectivity index (χ0n) is 18.5. The quantitative estimate of drug-likeness (QED) is 0.111. The molecule has 0 saturated carbocycles. The molecule has 0 spiro atoms. The number of nitro groups is 1. The molecule has 3 aromatic rings. The van der Waals surface area contributed by atoms with E-state index in [0.717, 1.165) is 0 Å². The van der Waals surface area contributed by atoms with E-state index in [0.29, 0.717) is 38.5 Å². The minimum atomic E-state index is -0.521. The Hall–Kier alpha value is -3.98. The summed E-state index contributed by atoms with van der Waals surface area (Å²) in [6, 6.07) is 16.7. The van der Waals surface area contributed by atoms with E-state index in [1.165, 1.54) is 42.5 Å². The average molecular weight is 587 g/mol. The Morgan fingerprint density at radius 2 is 1.94 bits per heavy atom. The molecular weight excluding hydrogens is 568 g/mol. The lowest BCUT2D eigenvalue weighted by Gasteiger charge is -2.15. The van der Waals surface area contributed by atoms with Gasteiger partial charge in [-0.05, 0) is 83.1 Å². The summed E-state index contributed by atoms with van der Waals surface area (Å²) >= 11 is 2.03. The lowest BCUT2D eigenvalue weighted by Crippen LogP contribution is -2.20. The zero-order chi connectivity index (χ0) is 25.4. The van der Waals surface area contributed by atoms with Gasteiger partial charge in [-0.25, -0.2) is 4.39 Å². The summed E-state index contributed by atoms with van der Waals surface area (Å²) < 4.78 is 25.1. The molecule has 0 aliphatic carbocycles. The van der Waals surface area contributed by atoms with Gasteiger partial charge in [0.05, 0.1) is 26.7 Å². The van der Waals surface area contributed by atoms with Crippen LogP contribution in [0.1, 0.15) is 18.1 Å². The maximum atomic E-state index is 13.0. The van der Waals surface area contributed by atoms with Crippen molar-refractivity contribution < 1.29 is 23.6 Å². The van der Waals surface area contributed by atoms with Crippen molar-refractivity contribution in [3.63, 3.8) is 0 Å². The number of allylic oxidation sites excluding steroid dienone is 1. The highest BCUT2D eigenvalue weighted by Gasteiger charge is 2.15. The van der Waals surface area contributed by atoms with E-state index < -0.39 is 16.6 Å². The van der Waals surface area contributed by atoms with E-state index >= 15 is 0 Å². The van der Waals surface area contributed by atoms with Crippen LogP contribution in [0.25, 0.3) is 11.6 Å². The van der Waals surface area contributed by atoms with E-state index in [1.54, 1.807) is 31.2 Å². The Morgan fingerprint density at radius 3 is 2.60 bits per heavy atom. The van der Waals surface area contributed by atoms with Crippen molar-refractivity contribution in [3.8, 4) is 17.6 Å². The number of non-ortho nitro benzene ring substituents is 1. The van der Waals surface area contributed by atoms with Crippen LogP contribution in [0.2, 0.25) is 0 Å². The number of nitrogens with one attached hydrogen (secondary N) is 1. The van der Waals surface area contributed by atoms with Gasteiger partial charge in [0.25, 0.3) is 11.6 Å². The summed E-state index contributed by atoms with van der Waals surface area (Å²) in [6.45, 7) is 1.82. The maximum absolute atomic E-state index is 13.0. The molecule has 0 saturated heterocycles. The van der Waals surface area contributed by atoms with Crippen LogP contribution in [0, 0.1) is 30.8 Å². The first kappa shape index (κ1) is 25.6. The molecule has 0 aliphatic rings. The molecule has 0 aromatic heterocycles. The fourth-order valence-corrected chi connectivity index (χ4v) is 3.86. The Kier molecular flexibility index (Phi) is 8.74. The van der Waals surface area contributed by atoms with Gasteiger partial charge in [0.15, 0.2) is 18.1 Å².